The molecule has 0 atom stereocenters. The number of morpholine rings is 1. The summed E-state index contributed by atoms with van der Waals surface area (Å²) < 4.78 is 5.34. The van der Waals surface area contributed by atoms with Gasteiger partial charge in [-0.25, -0.2) is 0 Å². The average Bonchev–Trinajstić information content (AvgIpc) is 2.66. The maximum absolute atomic E-state index is 12.4. The summed E-state index contributed by atoms with van der Waals surface area (Å²) >= 11 is 12.0. The number of anilines is 2. The molecule has 6 nitrogen and oxygen atoms in total. The van der Waals surface area contributed by atoms with E-state index in [1.54, 1.807) is 30.5 Å². The van der Waals surface area contributed by atoms with Crippen LogP contribution in [0.4, 0.5) is 11.4 Å². The topological polar surface area (TPSA) is 66.5 Å². The van der Waals surface area contributed by atoms with Crippen molar-refractivity contribution < 1.29 is 9.53 Å². The Bertz CT molecular complexity index is 767. The second-order valence-electron chi connectivity index (χ2n) is 5.92. The zero-order chi connectivity index (χ0) is 18.4. The molecule has 1 aromatic carbocycles. The fourth-order valence-electron chi connectivity index (χ4n) is 2.63. The van der Waals surface area contributed by atoms with Crippen LogP contribution in [0, 0.1) is 0 Å². The molecule has 8 heteroatoms. The fourth-order valence-corrected chi connectivity index (χ4v) is 2.97. The summed E-state index contributed by atoms with van der Waals surface area (Å²) in [6.07, 6.45) is 3.21. The lowest BCUT2D eigenvalue weighted by Gasteiger charge is -2.26. The molecular formula is C18H20Cl2N4O2. The molecule has 0 aliphatic carbocycles. The van der Waals surface area contributed by atoms with Crippen LogP contribution in [0.5, 0.6) is 0 Å². The molecule has 1 aliphatic heterocycles. The van der Waals surface area contributed by atoms with E-state index in [0.29, 0.717) is 21.3 Å². The molecule has 1 saturated heterocycles. The van der Waals surface area contributed by atoms with Crippen LogP contribution in [-0.2, 0) is 4.74 Å². The van der Waals surface area contributed by atoms with Crippen LogP contribution in [0.3, 0.4) is 0 Å². The van der Waals surface area contributed by atoms with Crippen LogP contribution in [0.2, 0.25) is 10.0 Å². The average molecular weight is 395 g/mol. The van der Waals surface area contributed by atoms with Gasteiger partial charge in [-0.1, -0.05) is 23.2 Å². The number of benzene rings is 1. The van der Waals surface area contributed by atoms with Crippen LogP contribution in [0.25, 0.3) is 0 Å². The number of ether oxygens (including phenoxy) is 1. The Labute approximate surface area is 162 Å². The van der Waals surface area contributed by atoms with E-state index < -0.39 is 0 Å². The number of pyridine rings is 1. The van der Waals surface area contributed by atoms with Crippen LogP contribution in [-0.4, -0.2) is 55.2 Å². The smallest absolute Gasteiger partial charge is 0.257 e. The zero-order valence-electron chi connectivity index (χ0n) is 14.2. The van der Waals surface area contributed by atoms with Crippen LogP contribution in [0.1, 0.15) is 10.4 Å². The molecule has 138 valence electrons. The van der Waals surface area contributed by atoms with Crippen molar-refractivity contribution in [1.82, 2.24) is 9.88 Å². The standard InChI is InChI=1S/C18H20Cl2N4O2/c19-14-1-2-16(20)17(10-14)23-18(25)13-9-15(12-21-11-13)22-3-4-24-5-7-26-8-6-24/h1-2,9-12,22H,3-8H2,(H,23,25). The summed E-state index contributed by atoms with van der Waals surface area (Å²) in [5.74, 6) is -0.293. The van der Waals surface area contributed by atoms with E-state index in [9.17, 15) is 4.79 Å². The molecule has 26 heavy (non-hydrogen) atoms. The second kappa shape index (κ2) is 9.19. The van der Waals surface area contributed by atoms with Crippen molar-refractivity contribution in [3.8, 4) is 0 Å². The number of nitrogens with zero attached hydrogens (tertiary/aromatic N) is 2. The summed E-state index contributed by atoms with van der Waals surface area (Å²) in [5, 5.41) is 6.98. The molecule has 1 aromatic heterocycles. The van der Waals surface area contributed by atoms with E-state index in [4.69, 9.17) is 27.9 Å². The maximum atomic E-state index is 12.4. The van der Waals surface area contributed by atoms with E-state index in [0.717, 1.165) is 45.1 Å². The first-order valence-electron chi connectivity index (χ1n) is 8.37. The Kier molecular flexibility index (Phi) is 6.68. The SMILES string of the molecule is O=C(Nc1cc(Cl)ccc1Cl)c1cncc(NCCN2CCOCC2)c1. The molecule has 2 aromatic rings. The summed E-state index contributed by atoms with van der Waals surface area (Å²) in [5.41, 5.74) is 1.70. The second-order valence-corrected chi connectivity index (χ2v) is 6.77. The highest BCUT2D eigenvalue weighted by Gasteiger charge is 2.12. The van der Waals surface area contributed by atoms with Crippen LogP contribution < -0.4 is 10.6 Å². The molecule has 3 rings (SSSR count). The quantitative estimate of drug-likeness (QED) is 0.785. The molecule has 1 amide bonds. The minimum Gasteiger partial charge on any atom is -0.382 e. The number of nitrogens with one attached hydrogen (secondary N) is 2. The summed E-state index contributed by atoms with van der Waals surface area (Å²) in [6, 6.07) is 6.68. The van der Waals surface area contributed by atoms with Gasteiger partial charge in [-0.3, -0.25) is 14.7 Å². The van der Waals surface area contributed by atoms with E-state index in [1.165, 1.54) is 6.20 Å². The Hall–Kier alpha value is -1.86. The lowest BCUT2D eigenvalue weighted by atomic mass is 10.2. The Morgan fingerprint density at radius 1 is 1.19 bits per heavy atom. The summed E-state index contributed by atoms with van der Waals surface area (Å²) in [6.45, 7) is 5.14. The maximum Gasteiger partial charge on any atom is 0.257 e. The first kappa shape index (κ1) is 18.9. The van der Waals surface area contributed by atoms with Gasteiger partial charge in [0.15, 0.2) is 0 Å². The molecule has 1 aliphatic rings. The predicted octanol–water partition coefficient (Wildman–Crippen LogP) is 3.38. The largest absolute Gasteiger partial charge is 0.382 e. The molecule has 2 heterocycles. The van der Waals surface area contributed by atoms with Gasteiger partial charge in [-0.05, 0) is 24.3 Å². The van der Waals surface area contributed by atoms with Gasteiger partial charge in [-0.2, -0.15) is 0 Å². The molecule has 0 spiro atoms. The van der Waals surface area contributed by atoms with Gasteiger partial charge in [0.1, 0.15) is 0 Å². The molecule has 1 fully saturated rings. The molecular weight excluding hydrogens is 375 g/mol. The number of amides is 1. The monoisotopic (exact) mass is 394 g/mol. The number of aromatic nitrogens is 1. The lowest BCUT2D eigenvalue weighted by Crippen LogP contribution is -2.39. The van der Waals surface area contributed by atoms with Crippen molar-refractivity contribution in [3.63, 3.8) is 0 Å². The van der Waals surface area contributed by atoms with Crippen molar-refractivity contribution in [2.24, 2.45) is 0 Å². The van der Waals surface area contributed by atoms with E-state index >= 15 is 0 Å². The summed E-state index contributed by atoms with van der Waals surface area (Å²) in [4.78, 5) is 18.9. The number of hydrogen-bond acceptors (Lipinski definition) is 5. The Balaban J connectivity index is 1.57. The highest BCUT2D eigenvalue weighted by Crippen LogP contribution is 2.26. The van der Waals surface area contributed by atoms with Crippen molar-refractivity contribution in [1.29, 1.82) is 0 Å². The number of hydrogen-bond donors (Lipinski definition) is 2. The van der Waals surface area contributed by atoms with E-state index in [1.807, 2.05) is 0 Å². The number of carbonyl (C=O) groups is 1. The van der Waals surface area contributed by atoms with Crippen LogP contribution in [0.15, 0.2) is 36.7 Å². The third-order valence-electron chi connectivity index (χ3n) is 4.04. The van der Waals surface area contributed by atoms with Gasteiger partial charge in [-0.15, -0.1) is 0 Å². The molecule has 2 N–H and O–H groups in total. The zero-order valence-corrected chi connectivity index (χ0v) is 15.7. The van der Waals surface area contributed by atoms with Gasteiger partial charge < -0.3 is 15.4 Å². The normalized spacial score (nSPS) is 14.8. The lowest BCUT2D eigenvalue weighted by molar-refractivity contribution is 0.0398. The number of halogens is 2. The fraction of sp³-hybridized carbons (Fsp3) is 0.333. The molecule has 0 radical (unpaired) electrons. The van der Waals surface area contributed by atoms with Gasteiger partial charge in [0.2, 0.25) is 0 Å². The first-order valence-corrected chi connectivity index (χ1v) is 9.13. The minimum absolute atomic E-state index is 0.293. The van der Waals surface area contributed by atoms with Crippen molar-refractivity contribution in [3.05, 3.63) is 52.3 Å². The van der Waals surface area contributed by atoms with E-state index in [2.05, 4.69) is 20.5 Å². The number of rotatable bonds is 6. The van der Waals surface area contributed by atoms with Crippen molar-refractivity contribution >= 4 is 40.5 Å². The Morgan fingerprint density at radius 3 is 2.81 bits per heavy atom. The highest BCUT2D eigenvalue weighted by atomic mass is 35.5. The third-order valence-corrected chi connectivity index (χ3v) is 4.60. The molecule has 0 unspecified atom stereocenters. The van der Waals surface area contributed by atoms with Gasteiger partial charge in [0, 0.05) is 43.6 Å². The third kappa shape index (κ3) is 5.32. The molecule has 0 bridgehead atoms. The van der Waals surface area contributed by atoms with Gasteiger partial charge in [0.05, 0.1) is 35.2 Å². The van der Waals surface area contributed by atoms with Gasteiger partial charge in [0.25, 0.3) is 5.91 Å². The first-order chi connectivity index (χ1) is 12.6. The van der Waals surface area contributed by atoms with Gasteiger partial charge >= 0.3 is 0 Å². The minimum atomic E-state index is -0.293. The molecule has 0 saturated carbocycles. The van der Waals surface area contributed by atoms with Crippen molar-refractivity contribution in [2.75, 3.05) is 50.0 Å². The van der Waals surface area contributed by atoms with Crippen LogP contribution >= 0.6 is 23.2 Å². The summed E-state index contributed by atoms with van der Waals surface area (Å²) in [7, 11) is 0. The predicted molar refractivity (Wildman–Crippen MR) is 104 cm³/mol. The highest BCUT2D eigenvalue weighted by molar-refractivity contribution is 6.35. The van der Waals surface area contributed by atoms with Crippen molar-refractivity contribution in [2.45, 2.75) is 0 Å². The number of carbonyl (C=O) groups excluding carboxylic acids is 1. The Morgan fingerprint density at radius 2 is 2.00 bits per heavy atom. The van der Waals surface area contributed by atoms with E-state index in [-0.39, 0.29) is 5.91 Å².